The van der Waals surface area contributed by atoms with Gasteiger partial charge in [0.05, 0.1) is 28.1 Å². The Morgan fingerprint density at radius 3 is 2.19 bits per heavy atom. The summed E-state index contributed by atoms with van der Waals surface area (Å²) in [5, 5.41) is 22.1. The number of amides is 4. The summed E-state index contributed by atoms with van der Waals surface area (Å²) in [6, 6.07) is 13.3. The fourth-order valence-corrected chi connectivity index (χ4v) is 8.86. The quantitative estimate of drug-likeness (QED) is 0.121. The summed E-state index contributed by atoms with van der Waals surface area (Å²) in [7, 11) is 0. The van der Waals surface area contributed by atoms with Crippen LogP contribution in [-0.2, 0) is 19.2 Å². The molecule has 2 aliphatic heterocycles. The van der Waals surface area contributed by atoms with Gasteiger partial charge < -0.3 is 5.11 Å². The molecule has 3 aromatic carbocycles. The molecule has 7 rings (SSSR count). The fraction of sp³-hybridized carbons (Fsp3) is 0.294. The number of phenols is 1. The number of aryl methyl sites for hydroxylation is 2. The normalized spacial score (nSPS) is 29.9. The Balaban J connectivity index is 1.40. The monoisotopic (exact) mass is 677 g/mol. The lowest BCUT2D eigenvalue weighted by Crippen LogP contribution is -2.60. The van der Waals surface area contributed by atoms with Crippen molar-refractivity contribution in [3.8, 4) is 5.75 Å². The number of imide groups is 2. The predicted molar refractivity (Wildman–Crippen MR) is 170 cm³/mol. The van der Waals surface area contributed by atoms with Crippen LogP contribution in [-0.4, -0.2) is 43.4 Å². The third-order valence-electron chi connectivity index (χ3n) is 10.0. The number of non-ortho nitro benzene ring substituents is 1. The highest BCUT2D eigenvalue weighted by molar-refractivity contribution is 6.58. The molecule has 0 unspecified atom stereocenters. The van der Waals surface area contributed by atoms with E-state index in [9.17, 15) is 38.8 Å². The van der Waals surface area contributed by atoms with Crippen LogP contribution in [0.15, 0.2) is 72.3 Å². The van der Waals surface area contributed by atoms with Crippen molar-refractivity contribution in [3.63, 3.8) is 0 Å². The smallest absolute Gasteiger partial charge is 0.271 e. The number of allylic oxidation sites excluding steroid dienone is 2. The Labute approximate surface area is 277 Å². The van der Waals surface area contributed by atoms with Gasteiger partial charge in [-0.3, -0.25) is 29.3 Å². The van der Waals surface area contributed by atoms with Crippen molar-refractivity contribution in [2.75, 3.05) is 9.80 Å². The summed E-state index contributed by atoms with van der Waals surface area (Å²) in [5.74, 6) is -7.15. The van der Waals surface area contributed by atoms with Crippen LogP contribution in [0.5, 0.6) is 5.75 Å². The largest absolute Gasteiger partial charge is 0.507 e. The number of nitro groups is 1. The number of aromatic hydroxyl groups is 1. The van der Waals surface area contributed by atoms with Gasteiger partial charge in [0.15, 0.2) is 9.75 Å². The van der Waals surface area contributed by atoms with E-state index in [1.807, 2.05) is 0 Å². The molecule has 3 aromatic rings. The molecular weight excluding hydrogens is 652 g/mol. The number of carbonyl (C=O) groups excluding carboxylic acids is 4. The van der Waals surface area contributed by atoms with E-state index in [2.05, 4.69) is 0 Å². The lowest BCUT2D eigenvalue weighted by atomic mass is 9.56. The second-order valence-corrected chi connectivity index (χ2v) is 13.8. The minimum atomic E-state index is -2.11. The van der Waals surface area contributed by atoms with Crippen molar-refractivity contribution in [1.29, 1.82) is 0 Å². The van der Waals surface area contributed by atoms with Crippen LogP contribution in [0.1, 0.15) is 35.4 Å². The lowest BCUT2D eigenvalue weighted by molar-refractivity contribution is -0.384. The van der Waals surface area contributed by atoms with E-state index in [-0.39, 0.29) is 35.7 Å². The van der Waals surface area contributed by atoms with Crippen molar-refractivity contribution in [3.05, 3.63) is 105 Å². The minimum absolute atomic E-state index is 0.0329. The first-order valence-electron chi connectivity index (χ1n) is 14.9. The number of alkyl halides is 2. The molecule has 240 valence electrons. The summed E-state index contributed by atoms with van der Waals surface area (Å²) in [5.41, 5.74) is 1.79. The Morgan fingerprint density at radius 1 is 0.894 bits per heavy atom. The zero-order valence-corrected chi connectivity index (χ0v) is 26.5. The van der Waals surface area contributed by atoms with Crippen LogP contribution in [0.2, 0.25) is 0 Å². The fourth-order valence-electron chi connectivity index (χ4n) is 7.93. The molecule has 6 atom stereocenters. The molecule has 0 spiro atoms. The maximum Gasteiger partial charge on any atom is 0.271 e. The van der Waals surface area contributed by atoms with Gasteiger partial charge in [-0.2, -0.15) is 0 Å². The van der Waals surface area contributed by atoms with Gasteiger partial charge in [0, 0.05) is 18.1 Å². The number of nitro benzene ring substituents is 1. The van der Waals surface area contributed by atoms with Crippen molar-refractivity contribution in [2.24, 2.45) is 17.8 Å². The summed E-state index contributed by atoms with van der Waals surface area (Å²) in [6.45, 7) is 3.35. The van der Waals surface area contributed by atoms with E-state index >= 15 is 0 Å². The predicted octanol–water partition coefficient (Wildman–Crippen LogP) is 5.82. The van der Waals surface area contributed by atoms with Gasteiger partial charge in [0.1, 0.15) is 11.6 Å². The molecule has 13 heteroatoms. The summed E-state index contributed by atoms with van der Waals surface area (Å²) in [4.78, 5) is 65.2. The van der Waals surface area contributed by atoms with Crippen LogP contribution in [0, 0.1) is 47.5 Å². The Bertz CT molecular complexity index is 1960. The van der Waals surface area contributed by atoms with Gasteiger partial charge in [0.25, 0.3) is 17.5 Å². The maximum atomic E-state index is 14.5. The maximum absolute atomic E-state index is 14.5. The lowest BCUT2D eigenvalue weighted by Gasteiger charge is -2.50. The summed E-state index contributed by atoms with van der Waals surface area (Å²) in [6.07, 6.45) is 1.60. The highest BCUT2D eigenvalue weighted by atomic mass is 35.5. The van der Waals surface area contributed by atoms with E-state index in [4.69, 9.17) is 23.2 Å². The average molecular weight is 679 g/mol. The molecule has 0 bridgehead atoms. The average Bonchev–Trinajstić information content (AvgIpc) is 3.37. The van der Waals surface area contributed by atoms with Gasteiger partial charge in [-0.15, -0.1) is 23.2 Å². The van der Waals surface area contributed by atoms with Crippen molar-refractivity contribution < 1.29 is 33.6 Å². The summed E-state index contributed by atoms with van der Waals surface area (Å²) >= 11 is 14.7. The van der Waals surface area contributed by atoms with Gasteiger partial charge in [-0.25, -0.2) is 14.2 Å². The molecule has 1 saturated carbocycles. The number of carbonyl (C=O) groups is 4. The van der Waals surface area contributed by atoms with Crippen molar-refractivity contribution in [1.82, 2.24) is 0 Å². The van der Waals surface area contributed by atoms with Crippen LogP contribution in [0.4, 0.5) is 21.5 Å². The van der Waals surface area contributed by atoms with E-state index in [1.165, 1.54) is 30.3 Å². The molecule has 4 amide bonds. The second-order valence-electron chi connectivity index (χ2n) is 12.5. The molecular formula is C34H26Cl2FN3O7. The SMILES string of the molecule is Cc1cc([C@H]2C3=CC[C@@H]4C(=O)N(c5cccc([N+](=O)[O-])c5)C(=O)[C@@H]4[C@@H]3C[C@@]3(Cl)C(=O)N(c4ccc(F)cc4)C(=O)[C@@]23Cl)cc(C)c1O. The molecule has 2 aliphatic carbocycles. The number of fused-ring (bicyclic) bond motifs is 4. The number of nitrogens with zero attached hydrogens (tertiary/aromatic N) is 3. The molecule has 2 heterocycles. The highest BCUT2D eigenvalue weighted by Gasteiger charge is 2.76. The van der Waals surface area contributed by atoms with Crippen molar-refractivity contribution in [2.45, 2.75) is 42.4 Å². The van der Waals surface area contributed by atoms with E-state index in [0.29, 0.717) is 22.3 Å². The number of phenolic OH excluding ortho intramolecular Hbond substituents is 1. The van der Waals surface area contributed by atoms with Crippen LogP contribution in [0.3, 0.4) is 0 Å². The molecule has 10 nitrogen and oxygen atoms in total. The zero-order valence-electron chi connectivity index (χ0n) is 24.9. The zero-order chi connectivity index (χ0) is 33.7. The summed E-state index contributed by atoms with van der Waals surface area (Å²) < 4.78 is 13.9. The number of hydrogen-bond acceptors (Lipinski definition) is 7. The van der Waals surface area contributed by atoms with Crippen LogP contribution in [0.25, 0.3) is 0 Å². The first-order chi connectivity index (χ1) is 22.2. The van der Waals surface area contributed by atoms with E-state index < -0.39 is 67.8 Å². The molecule has 1 N–H and O–H groups in total. The van der Waals surface area contributed by atoms with E-state index in [1.54, 1.807) is 32.1 Å². The minimum Gasteiger partial charge on any atom is -0.507 e. The second kappa shape index (κ2) is 10.4. The van der Waals surface area contributed by atoms with Gasteiger partial charge in [-0.05, 0) is 79.6 Å². The van der Waals surface area contributed by atoms with E-state index in [0.717, 1.165) is 28.0 Å². The molecule has 4 aliphatic rings. The highest BCUT2D eigenvalue weighted by Crippen LogP contribution is 2.66. The number of anilines is 2. The van der Waals surface area contributed by atoms with Crippen molar-refractivity contribution >= 4 is 63.9 Å². The molecule has 47 heavy (non-hydrogen) atoms. The molecule has 0 aromatic heterocycles. The first-order valence-corrected chi connectivity index (χ1v) is 15.6. The molecule has 3 fully saturated rings. The van der Waals surface area contributed by atoms with Gasteiger partial charge in [0.2, 0.25) is 11.8 Å². The molecule has 0 radical (unpaired) electrons. The number of halogens is 3. The molecule has 2 saturated heterocycles. The number of hydrogen-bond donors (Lipinski definition) is 1. The van der Waals surface area contributed by atoms with Gasteiger partial charge >= 0.3 is 0 Å². The van der Waals surface area contributed by atoms with Gasteiger partial charge in [-0.1, -0.05) is 29.8 Å². The first kappa shape index (κ1) is 31.0. The Kier molecular flexibility index (Phi) is 6.89. The third kappa shape index (κ3) is 4.15. The Hall–Kier alpha value is -4.61. The van der Waals surface area contributed by atoms with Crippen LogP contribution >= 0.6 is 23.2 Å². The van der Waals surface area contributed by atoms with Crippen LogP contribution < -0.4 is 9.80 Å². The number of rotatable bonds is 4. The third-order valence-corrected chi connectivity index (χ3v) is 11.5. The standard InChI is InChI=1S/C34H26Cl2FN3O7/c1-16-12-18(13-17(2)28(16)41)27-23-10-11-24-26(30(43)38(29(24)42)21-4-3-5-22(14-21)40(46)47)25(23)15-33(35)31(44)39(32(45)34(27,33)36)20-8-6-19(37)7-9-20/h3-10,12-14,24-27,41H,11,15H2,1-2H3/t24-,25+,26-,27-,33+,34-/m0/s1. The Morgan fingerprint density at radius 2 is 1.55 bits per heavy atom. The number of benzene rings is 3. The topological polar surface area (TPSA) is 138 Å².